The average molecular weight is 300 g/mol. The summed E-state index contributed by atoms with van der Waals surface area (Å²) in [6.07, 6.45) is 0. The van der Waals surface area contributed by atoms with Crippen molar-refractivity contribution in [1.29, 1.82) is 0 Å². The quantitative estimate of drug-likeness (QED) is 0.140. The van der Waals surface area contributed by atoms with Crippen molar-refractivity contribution in [2.24, 2.45) is 5.73 Å². The van der Waals surface area contributed by atoms with E-state index in [1.165, 1.54) is 0 Å². The van der Waals surface area contributed by atoms with Crippen LogP contribution in [0.5, 0.6) is 0 Å². The highest BCUT2D eigenvalue weighted by Crippen LogP contribution is 2.55. The van der Waals surface area contributed by atoms with Gasteiger partial charge in [0.25, 0.3) is 5.78 Å². The molecule has 10 nitrogen and oxygen atoms in total. The van der Waals surface area contributed by atoms with E-state index in [9.17, 15) is 34.2 Å². The van der Waals surface area contributed by atoms with Crippen LogP contribution in [-0.4, -0.2) is 75.0 Å². The van der Waals surface area contributed by atoms with E-state index in [0.29, 0.717) is 0 Å². The molecule has 11 heteroatoms. The van der Waals surface area contributed by atoms with E-state index < -0.39 is 41.4 Å². The highest BCUT2D eigenvalue weighted by molar-refractivity contribution is 7.55. The highest BCUT2D eigenvalue weighted by Gasteiger charge is 2.69. The largest absolute Gasteiger partial charge is 0.543 e. The first kappa shape index (κ1) is 18.1. The number of carbonyl (C=O) groups is 2. The molecule has 0 saturated heterocycles. The number of hydrogen-bond donors (Lipinski definition) is 5. The second-order valence-electron chi connectivity index (χ2n) is 4.93. The van der Waals surface area contributed by atoms with Crippen molar-refractivity contribution in [2.75, 3.05) is 27.7 Å². The lowest BCUT2D eigenvalue weighted by molar-refractivity contribution is -0.892. The van der Waals surface area contributed by atoms with Crippen molar-refractivity contribution < 1.29 is 43.7 Å². The van der Waals surface area contributed by atoms with Crippen LogP contribution >= 0.6 is 7.60 Å². The number of carboxylic acids is 1. The van der Waals surface area contributed by atoms with E-state index in [1.807, 2.05) is 0 Å². The molecule has 2 atom stereocenters. The maximum Gasteiger partial charge on any atom is 0.399 e. The molecule has 0 aliphatic heterocycles. The van der Waals surface area contributed by atoms with Crippen LogP contribution in [-0.2, 0) is 14.2 Å². The molecule has 0 bridgehead atoms. The SMILES string of the molecule is C[N+](C)(C)C(C(=O)[O-])(C(=O)C(N)(O)CO)P(=O)(O)O. The molecule has 0 spiro atoms. The number of quaternary nitrogens is 1. The maximum absolute atomic E-state index is 12.0. The lowest BCUT2D eigenvalue weighted by Gasteiger charge is -2.46. The first-order valence-electron chi connectivity index (χ1n) is 4.92. The number of aliphatic hydroxyl groups excluding tert-OH is 1. The minimum Gasteiger partial charge on any atom is -0.543 e. The van der Waals surface area contributed by atoms with Crippen molar-refractivity contribution in [3.63, 3.8) is 0 Å². The maximum atomic E-state index is 12.0. The summed E-state index contributed by atoms with van der Waals surface area (Å²) in [5.41, 5.74) is 1.86. The number of nitrogens with zero attached hydrogens (tertiary/aromatic N) is 1. The summed E-state index contributed by atoms with van der Waals surface area (Å²) in [4.78, 5) is 41.8. The van der Waals surface area contributed by atoms with Gasteiger partial charge >= 0.3 is 12.9 Å². The number of carboxylic acid groups (broad SMARTS) is 1. The summed E-state index contributed by atoms with van der Waals surface area (Å²) >= 11 is 0. The fourth-order valence-corrected chi connectivity index (χ4v) is 3.16. The molecule has 19 heavy (non-hydrogen) atoms. The van der Waals surface area contributed by atoms with Crippen molar-refractivity contribution in [3.8, 4) is 0 Å². The second kappa shape index (κ2) is 4.91. The minimum absolute atomic E-state index is 1.00. The first-order valence-corrected chi connectivity index (χ1v) is 6.53. The zero-order chi connectivity index (χ0) is 15.9. The van der Waals surface area contributed by atoms with Crippen molar-refractivity contribution in [3.05, 3.63) is 0 Å². The van der Waals surface area contributed by atoms with Gasteiger partial charge in [-0.1, -0.05) is 0 Å². The van der Waals surface area contributed by atoms with Gasteiger partial charge in [0.15, 0.2) is 0 Å². The van der Waals surface area contributed by atoms with Crippen LogP contribution in [0.15, 0.2) is 0 Å². The number of aliphatic hydroxyl groups is 2. The van der Waals surface area contributed by atoms with Gasteiger partial charge in [-0.05, 0) is 0 Å². The van der Waals surface area contributed by atoms with E-state index >= 15 is 0 Å². The van der Waals surface area contributed by atoms with Crippen LogP contribution < -0.4 is 10.8 Å². The molecule has 0 heterocycles. The van der Waals surface area contributed by atoms with Crippen molar-refractivity contribution >= 4 is 19.3 Å². The first-order chi connectivity index (χ1) is 8.16. The van der Waals surface area contributed by atoms with Crippen molar-refractivity contribution in [1.82, 2.24) is 0 Å². The average Bonchev–Trinajstić information content (AvgIpc) is 2.12. The van der Waals surface area contributed by atoms with Crippen LogP contribution in [0.4, 0.5) is 0 Å². The molecule has 112 valence electrons. The van der Waals surface area contributed by atoms with Gasteiger partial charge in [0.2, 0.25) is 5.72 Å². The predicted octanol–water partition coefficient (Wildman–Crippen LogP) is -4.47. The molecule has 0 aliphatic carbocycles. The summed E-state index contributed by atoms with van der Waals surface area (Å²) in [6.45, 7) is -1.42. The molecule has 0 aromatic carbocycles. The summed E-state index contributed by atoms with van der Waals surface area (Å²) in [5.74, 6) is -4.35. The molecule has 6 N–H and O–H groups in total. The molecule has 0 saturated carbocycles. The third kappa shape index (κ3) is 2.70. The van der Waals surface area contributed by atoms with Gasteiger partial charge in [0.1, 0.15) is 5.97 Å². The molecular formula is C8H17N2O8P. The molecular weight excluding hydrogens is 283 g/mol. The molecule has 0 aromatic heterocycles. The van der Waals surface area contributed by atoms with Gasteiger partial charge in [-0.15, -0.1) is 0 Å². The van der Waals surface area contributed by atoms with E-state index in [2.05, 4.69) is 0 Å². The van der Waals surface area contributed by atoms with E-state index in [1.54, 1.807) is 0 Å². The number of likely N-dealkylation sites (N-methyl/N-ethyl adjacent to an activating group) is 1. The number of nitrogens with two attached hydrogens (primary N) is 1. The zero-order valence-electron chi connectivity index (χ0n) is 10.6. The van der Waals surface area contributed by atoms with Crippen LogP contribution in [0.25, 0.3) is 0 Å². The van der Waals surface area contributed by atoms with Gasteiger partial charge in [-0.3, -0.25) is 15.1 Å². The minimum atomic E-state index is -5.64. The molecule has 0 aliphatic rings. The Labute approximate surface area is 108 Å². The molecule has 2 unspecified atom stereocenters. The summed E-state index contributed by atoms with van der Waals surface area (Å²) in [6, 6.07) is 0. The van der Waals surface area contributed by atoms with E-state index in [4.69, 9.17) is 10.8 Å². The predicted molar refractivity (Wildman–Crippen MR) is 59.0 cm³/mol. The van der Waals surface area contributed by atoms with Crippen LogP contribution in [0.1, 0.15) is 0 Å². The summed E-state index contributed by atoms with van der Waals surface area (Å²) < 4.78 is 10.4. The van der Waals surface area contributed by atoms with Gasteiger partial charge < -0.3 is 34.4 Å². The lowest BCUT2D eigenvalue weighted by atomic mass is 9.99. The van der Waals surface area contributed by atoms with E-state index in [-0.39, 0.29) is 0 Å². The fraction of sp³-hybridized carbons (Fsp3) is 0.750. The topological polar surface area (TPSA) is 181 Å². The molecule has 0 rings (SSSR count). The second-order valence-corrected chi connectivity index (χ2v) is 6.66. The Kier molecular flexibility index (Phi) is 4.68. The number of ketones is 1. The standard InChI is InChI=1S/C8H17N2O8P/c1-10(2,3)8(6(13)14,19(16,17)18)5(12)7(9,15)4-11/h11,15H,4,9H2,1-3H3,(H2-,13,14,16,17,18). The Bertz CT molecular complexity index is 437. The molecule has 0 fully saturated rings. The Hall–Kier alpha value is -0.870. The third-order valence-electron chi connectivity index (χ3n) is 2.63. The van der Waals surface area contributed by atoms with Crippen molar-refractivity contribution in [2.45, 2.75) is 11.0 Å². The number of aliphatic carboxylic acids is 1. The summed E-state index contributed by atoms with van der Waals surface area (Å²) in [5, 5.41) is 26.0. The normalized spacial score (nSPS) is 19.4. The van der Waals surface area contributed by atoms with Gasteiger partial charge in [-0.25, -0.2) is 0 Å². The number of carbonyl (C=O) groups excluding carboxylic acids is 2. The number of hydrogen-bond acceptors (Lipinski definition) is 7. The van der Waals surface area contributed by atoms with Gasteiger partial charge in [0, 0.05) is 0 Å². The number of rotatable bonds is 6. The smallest absolute Gasteiger partial charge is 0.399 e. The van der Waals surface area contributed by atoms with E-state index in [0.717, 1.165) is 21.1 Å². The molecule has 0 aromatic rings. The zero-order valence-corrected chi connectivity index (χ0v) is 11.5. The highest BCUT2D eigenvalue weighted by atomic mass is 31.2. The van der Waals surface area contributed by atoms with Crippen LogP contribution in [0.2, 0.25) is 0 Å². The fourth-order valence-electron chi connectivity index (χ4n) is 1.69. The molecule has 0 amide bonds. The third-order valence-corrected chi connectivity index (χ3v) is 4.46. The Balaban J connectivity index is 6.47. The Morgan fingerprint density at radius 3 is 1.84 bits per heavy atom. The molecule has 0 radical (unpaired) electrons. The number of Topliss-reactive ketones (excluding diaryl/α,β-unsaturated/α-hetero) is 1. The lowest BCUT2D eigenvalue weighted by Crippen LogP contribution is -2.75. The van der Waals surface area contributed by atoms with Gasteiger partial charge in [0.05, 0.1) is 27.7 Å². The monoisotopic (exact) mass is 300 g/mol. The van der Waals surface area contributed by atoms with Crippen LogP contribution in [0.3, 0.4) is 0 Å². The summed E-state index contributed by atoms with van der Waals surface area (Å²) in [7, 11) is -2.64. The Morgan fingerprint density at radius 1 is 1.32 bits per heavy atom. The Morgan fingerprint density at radius 2 is 1.68 bits per heavy atom. The van der Waals surface area contributed by atoms with Gasteiger partial charge in [-0.2, -0.15) is 0 Å². The van der Waals surface area contributed by atoms with Crippen LogP contribution in [0, 0.1) is 0 Å².